The molecule has 0 aliphatic carbocycles. The number of hydrogen-bond acceptors (Lipinski definition) is 4. The Balaban J connectivity index is 1.39. The number of anilines is 1. The fourth-order valence-electron chi connectivity index (χ4n) is 4.03. The number of rotatable bonds is 5. The predicted octanol–water partition coefficient (Wildman–Crippen LogP) is 3.49. The zero-order valence-electron chi connectivity index (χ0n) is 15.9. The second-order valence-corrected chi connectivity index (χ2v) is 7.46. The van der Waals surface area contributed by atoms with E-state index in [1.54, 1.807) is 6.07 Å². The van der Waals surface area contributed by atoms with E-state index in [0.29, 0.717) is 19.0 Å². The number of fused-ring (bicyclic) bond motifs is 1. The van der Waals surface area contributed by atoms with Crippen LogP contribution in [0.15, 0.2) is 42.5 Å². The van der Waals surface area contributed by atoms with Gasteiger partial charge in [-0.25, -0.2) is 4.39 Å². The fourth-order valence-corrected chi connectivity index (χ4v) is 4.03. The van der Waals surface area contributed by atoms with Gasteiger partial charge in [0.25, 0.3) is 0 Å². The molecule has 0 bridgehead atoms. The van der Waals surface area contributed by atoms with Gasteiger partial charge in [-0.15, -0.1) is 0 Å². The highest BCUT2D eigenvalue weighted by Crippen LogP contribution is 2.36. The fraction of sp³-hybridized carbons (Fsp3) is 0.455. The summed E-state index contributed by atoms with van der Waals surface area (Å²) in [6.07, 6.45) is 1.95. The molecular weight excluding hydrogens is 343 g/mol. The van der Waals surface area contributed by atoms with Gasteiger partial charge in [0, 0.05) is 39.3 Å². The van der Waals surface area contributed by atoms with E-state index in [-0.39, 0.29) is 11.9 Å². The number of morpholine rings is 1. The van der Waals surface area contributed by atoms with Crippen LogP contribution >= 0.6 is 0 Å². The van der Waals surface area contributed by atoms with Crippen LogP contribution in [0, 0.1) is 5.82 Å². The topological polar surface area (TPSA) is 24.9 Å². The maximum Gasteiger partial charge on any atom is 0.145 e. The molecule has 2 aliphatic heterocycles. The van der Waals surface area contributed by atoms with Gasteiger partial charge in [-0.3, -0.25) is 4.90 Å². The van der Waals surface area contributed by atoms with Crippen molar-refractivity contribution in [1.82, 2.24) is 4.90 Å². The summed E-state index contributed by atoms with van der Waals surface area (Å²) in [6.45, 7) is 4.77. The molecule has 27 heavy (non-hydrogen) atoms. The molecule has 2 aromatic rings. The van der Waals surface area contributed by atoms with Gasteiger partial charge in [0.15, 0.2) is 0 Å². The van der Waals surface area contributed by atoms with Crippen LogP contribution in [0.4, 0.5) is 10.1 Å². The molecule has 0 radical (unpaired) electrons. The standard InChI is InChI=1S/C22H27FN2O2/c1-24-9-5-8-18-12-19(23)13-21(22(18)24)27-16-20-15-25(10-11-26-20)14-17-6-3-2-4-7-17/h2-4,6-7,12-13,20H,5,8-11,14-16H2,1H3/t20-/m0/s1. The molecule has 2 aromatic carbocycles. The predicted molar refractivity (Wildman–Crippen MR) is 105 cm³/mol. The molecule has 1 fully saturated rings. The van der Waals surface area contributed by atoms with Gasteiger partial charge in [0.1, 0.15) is 24.3 Å². The largest absolute Gasteiger partial charge is 0.489 e. The van der Waals surface area contributed by atoms with E-state index in [1.165, 1.54) is 11.6 Å². The highest BCUT2D eigenvalue weighted by Gasteiger charge is 2.24. The Labute approximate surface area is 160 Å². The quantitative estimate of drug-likeness (QED) is 0.804. The van der Waals surface area contributed by atoms with E-state index in [9.17, 15) is 4.39 Å². The maximum atomic E-state index is 14.0. The van der Waals surface area contributed by atoms with Gasteiger partial charge in [0.2, 0.25) is 0 Å². The Hall–Kier alpha value is -2.11. The van der Waals surface area contributed by atoms with Crippen molar-refractivity contribution in [3.8, 4) is 5.75 Å². The lowest BCUT2D eigenvalue weighted by Gasteiger charge is -2.34. The van der Waals surface area contributed by atoms with Crippen molar-refractivity contribution in [3.63, 3.8) is 0 Å². The van der Waals surface area contributed by atoms with Crippen LogP contribution in [-0.2, 0) is 17.7 Å². The van der Waals surface area contributed by atoms with Crippen LogP contribution in [0.25, 0.3) is 0 Å². The lowest BCUT2D eigenvalue weighted by molar-refractivity contribution is -0.0504. The molecular formula is C22H27FN2O2. The van der Waals surface area contributed by atoms with Gasteiger partial charge in [-0.05, 0) is 30.0 Å². The summed E-state index contributed by atoms with van der Waals surface area (Å²) < 4.78 is 26.0. The first-order valence-corrected chi connectivity index (χ1v) is 9.73. The number of halogens is 1. The summed E-state index contributed by atoms with van der Waals surface area (Å²) >= 11 is 0. The van der Waals surface area contributed by atoms with E-state index in [4.69, 9.17) is 9.47 Å². The average Bonchev–Trinajstić information content (AvgIpc) is 2.67. The molecule has 1 atom stereocenters. The van der Waals surface area contributed by atoms with E-state index < -0.39 is 0 Å². The highest BCUT2D eigenvalue weighted by molar-refractivity contribution is 5.65. The van der Waals surface area contributed by atoms with Gasteiger partial charge in [-0.2, -0.15) is 0 Å². The van der Waals surface area contributed by atoms with E-state index in [0.717, 1.165) is 50.3 Å². The van der Waals surface area contributed by atoms with Crippen LogP contribution in [-0.4, -0.2) is 50.9 Å². The molecule has 2 aliphatic rings. The van der Waals surface area contributed by atoms with E-state index in [1.807, 2.05) is 13.1 Å². The molecule has 0 amide bonds. The van der Waals surface area contributed by atoms with Crippen molar-refractivity contribution < 1.29 is 13.9 Å². The van der Waals surface area contributed by atoms with E-state index in [2.05, 4.69) is 34.1 Å². The molecule has 144 valence electrons. The highest BCUT2D eigenvalue weighted by atomic mass is 19.1. The molecule has 0 aromatic heterocycles. The lowest BCUT2D eigenvalue weighted by atomic mass is 10.0. The second-order valence-electron chi connectivity index (χ2n) is 7.46. The summed E-state index contributed by atoms with van der Waals surface area (Å²) in [5.41, 5.74) is 3.37. The number of nitrogens with zero attached hydrogens (tertiary/aromatic N) is 2. The molecule has 2 heterocycles. The van der Waals surface area contributed by atoms with Crippen molar-refractivity contribution in [2.24, 2.45) is 0 Å². The third-order valence-electron chi connectivity index (χ3n) is 5.34. The first-order valence-electron chi connectivity index (χ1n) is 9.73. The van der Waals surface area contributed by atoms with Crippen LogP contribution in [0.1, 0.15) is 17.5 Å². The molecule has 4 rings (SSSR count). The Bertz CT molecular complexity index is 768. The molecule has 4 nitrogen and oxygen atoms in total. The normalized spacial score (nSPS) is 20.4. The third kappa shape index (κ3) is 4.42. The molecule has 0 spiro atoms. The van der Waals surface area contributed by atoms with Gasteiger partial charge in [0.05, 0.1) is 12.3 Å². The minimum Gasteiger partial charge on any atom is -0.489 e. The van der Waals surface area contributed by atoms with Crippen molar-refractivity contribution in [2.75, 3.05) is 44.8 Å². The second kappa shape index (κ2) is 8.28. The van der Waals surface area contributed by atoms with E-state index >= 15 is 0 Å². The van der Waals surface area contributed by atoms with Crippen LogP contribution in [0.3, 0.4) is 0 Å². The Morgan fingerprint density at radius 1 is 1.19 bits per heavy atom. The Morgan fingerprint density at radius 3 is 2.89 bits per heavy atom. The summed E-state index contributed by atoms with van der Waals surface area (Å²) in [6, 6.07) is 13.6. The zero-order valence-corrected chi connectivity index (χ0v) is 15.9. The van der Waals surface area contributed by atoms with Crippen LogP contribution < -0.4 is 9.64 Å². The summed E-state index contributed by atoms with van der Waals surface area (Å²) in [7, 11) is 2.04. The molecule has 5 heteroatoms. The molecule has 0 unspecified atom stereocenters. The number of aryl methyl sites for hydroxylation is 1. The Morgan fingerprint density at radius 2 is 2.04 bits per heavy atom. The summed E-state index contributed by atoms with van der Waals surface area (Å²) in [5, 5.41) is 0. The Kier molecular flexibility index (Phi) is 5.60. The minimum absolute atomic E-state index is 0.00437. The van der Waals surface area contributed by atoms with Crippen molar-refractivity contribution in [3.05, 3.63) is 59.4 Å². The van der Waals surface area contributed by atoms with Gasteiger partial charge < -0.3 is 14.4 Å². The minimum atomic E-state index is -0.227. The first-order chi connectivity index (χ1) is 13.2. The SMILES string of the molecule is CN1CCCc2cc(F)cc(OC[C@@H]3CN(Cc4ccccc4)CCO3)c21. The number of hydrogen-bond donors (Lipinski definition) is 0. The number of ether oxygens (including phenoxy) is 2. The van der Waals surface area contributed by atoms with Crippen molar-refractivity contribution in [1.29, 1.82) is 0 Å². The third-order valence-corrected chi connectivity index (χ3v) is 5.34. The summed E-state index contributed by atoms with van der Waals surface area (Å²) in [4.78, 5) is 4.55. The smallest absolute Gasteiger partial charge is 0.145 e. The zero-order chi connectivity index (χ0) is 18.6. The first kappa shape index (κ1) is 18.3. The molecule has 0 N–H and O–H groups in total. The summed E-state index contributed by atoms with van der Waals surface area (Å²) in [5.74, 6) is 0.408. The number of benzene rings is 2. The van der Waals surface area contributed by atoms with Crippen LogP contribution in [0.2, 0.25) is 0 Å². The van der Waals surface area contributed by atoms with Gasteiger partial charge in [-0.1, -0.05) is 30.3 Å². The maximum absolute atomic E-state index is 14.0. The molecule has 1 saturated heterocycles. The van der Waals surface area contributed by atoms with Crippen LogP contribution in [0.5, 0.6) is 5.75 Å². The molecule has 0 saturated carbocycles. The lowest BCUT2D eigenvalue weighted by Crippen LogP contribution is -2.44. The van der Waals surface area contributed by atoms with Crippen molar-refractivity contribution in [2.45, 2.75) is 25.5 Å². The van der Waals surface area contributed by atoms with Gasteiger partial charge >= 0.3 is 0 Å². The average molecular weight is 370 g/mol. The van der Waals surface area contributed by atoms with Crippen molar-refractivity contribution >= 4 is 5.69 Å². The monoisotopic (exact) mass is 370 g/mol.